The molecule has 0 bridgehead atoms. The second-order valence-electron chi connectivity index (χ2n) is 7.31. The molecule has 3 heterocycles. The Bertz CT molecular complexity index is 1150. The van der Waals surface area contributed by atoms with E-state index in [1.165, 1.54) is 11.8 Å². The first-order valence-corrected chi connectivity index (χ1v) is 12.1. The molecule has 156 valence electrons. The van der Waals surface area contributed by atoms with E-state index in [1.807, 2.05) is 24.3 Å². The number of hydrogen-bond donors (Lipinski definition) is 2. The zero-order valence-electron chi connectivity index (χ0n) is 15.8. The number of amidine groups is 1. The third kappa shape index (κ3) is 3.97. The first kappa shape index (κ1) is 19.3. The summed E-state index contributed by atoms with van der Waals surface area (Å²) in [7, 11) is -2.98. The summed E-state index contributed by atoms with van der Waals surface area (Å²) < 4.78 is 34.0. The van der Waals surface area contributed by atoms with Crippen molar-refractivity contribution in [2.24, 2.45) is 4.99 Å². The van der Waals surface area contributed by atoms with Crippen LogP contribution in [0, 0.1) is 0 Å². The number of nitrogens with zero attached hydrogens (tertiary/aromatic N) is 1. The number of rotatable bonds is 4. The van der Waals surface area contributed by atoms with E-state index in [0.717, 1.165) is 11.3 Å². The van der Waals surface area contributed by atoms with Crippen LogP contribution >= 0.6 is 11.8 Å². The van der Waals surface area contributed by atoms with Crippen LogP contribution in [0.5, 0.6) is 11.5 Å². The number of aliphatic imine (C=N–C) groups is 1. The lowest BCUT2D eigenvalue weighted by Gasteiger charge is -2.10. The maximum atomic E-state index is 12.6. The molecule has 2 aromatic carbocycles. The van der Waals surface area contributed by atoms with Gasteiger partial charge >= 0.3 is 0 Å². The SMILES string of the molecule is O=C(NCc1ccc2c(c1)OCO2)c1cccc(NC2=N[C@H]3CS(=O)(=O)C[C@@H]3S2)c1. The van der Waals surface area contributed by atoms with Gasteiger partial charge in [-0.15, -0.1) is 0 Å². The Kier molecular flexibility index (Phi) is 4.82. The highest BCUT2D eigenvalue weighted by Crippen LogP contribution is 2.35. The second-order valence-corrected chi connectivity index (χ2v) is 10.7. The van der Waals surface area contributed by atoms with Gasteiger partial charge in [-0.1, -0.05) is 23.9 Å². The van der Waals surface area contributed by atoms with Crippen molar-refractivity contribution < 1.29 is 22.7 Å². The number of fused-ring (bicyclic) bond motifs is 2. The van der Waals surface area contributed by atoms with Gasteiger partial charge in [-0.25, -0.2) is 8.42 Å². The van der Waals surface area contributed by atoms with E-state index in [1.54, 1.807) is 18.2 Å². The average molecular weight is 446 g/mol. The molecular weight excluding hydrogens is 426 g/mol. The number of hydrogen-bond acceptors (Lipinski definition) is 8. The molecule has 1 saturated heterocycles. The van der Waals surface area contributed by atoms with Crippen LogP contribution in [0.2, 0.25) is 0 Å². The monoisotopic (exact) mass is 445 g/mol. The van der Waals surface area contributed by atoms with E-state index < -0.39 is 9.84 Å². The highest BCUT2D eigenvalue weighted by Gasteiger charge is 2.42. The van der Waals surface area contributed by atoms with E-state index in [9.17, 15) is 13.2 Å². The van der Waals surface area contributed by atoms with Gasteiger partial charge in [0.15, 0.2) is 26.5 Å². The predicted octanol–water partition coefficient (Wildman–Crippen LogP) is 2.03. The van der Waals surface area contributed by atoms with Crippen LogP contribution in [0.25, 0.3) is 0 Å². The number of anilines is 1. The third-order valence-electron chi connectivity index (χ3n) is 5.08. The molecule has 0 aromatic heterocycles. The summed E-state index contributed by atoms with van der Waals surface area (Å²) in [6.45, 7) is 0.583. The van der Waals surface area contributed by atoms with Crippen molar-refractivity contribution in [3.8, 4) is 11.5 Å². The minimum atomic E-state index is -2.98. The highest BCUT2D eigenvalue weighted by atomic mass is 32.2. The summed E-state index contributed by atoms with van der Waals surface area (Å²) >= 11 is 1.45. The van der Waals surface area contributed by atoms with Crippen molar-refractivity contribution >= 4 is 38.4 Å². The van der Waals surface area contributed by atoms with E-state index in [0.29, 0.717) is 28.8 Å². The molecule has 2 N–H and O–H groups in total. The lowest BCUT2D eigenvalue weighted by Crippen LogP contribution is -2.23. The first-order valence-electron chi connectivity index (χ1n) is 9.44. The van der Waals surface area contributed by atoms with Gasteiger partial charge in [0, 0.05) is 23.0 Å². The summed E-state index contributed by atoms with van der Waals surface area (Å²) in [5, 5.41) is 6.78. The normalized spacial score (nSPS) is 23.0. The molecule has 0 unspecified atom stereocenters. The lowest BCUT2D eigenvalue weighted by molar-refractivity contribution is 0.0951. The number of carbonyl (C=O) groups excluding carboxylic acids is 1. The van der Waals surface area contributed by atoms with Crippen molar-refractivity contribution in [2.75, 3.05) is 23.6 Å². The van der Waals surface area contributed by atoms with E-state index in [4.69, 9.17) is 9.47 Å². The van der Waals surface area contributed by atoms with Crippen LogP contribution in [0.1, 0.15) is 15.9 Å². The Labute approximate surface area is 178 Å². The molecule has 0 spiro atoms. The molecule has 0 radical (unpaired) electrons. The molecule has 5 rings (SSSR count). The minimum Gasteiger partial charge on any atom is -0.454 e. The number of benzene rings is 2. The maximum Gasteiger partial charge on any atom is 0.251 e. The second kappa shape index (κ2) is 7.51. The number of nitrogens with one attached hydrogen (secondary N) is 2. The van der Waals surface area contributed by atoms with Crippen molar-refractivity contribution in [3.05, 3.63) is 53.6 Å². The summed E-state index contributed by atoms with van der Waals surface area (Å²) in [4.78, 5) is 17.1. The molecule has 10 heteroatoms. The average Bonchev–Trinajstić information content (AvgIpc) is 3.38. The molecule has 30 heavy (non-hydrogen) atoms. The molecule has 0 aliphatic carbocycles. The Morgan fingerprint density at radius 2 is 2.00 bits per heavy atom. The predicted molar refractivity (Wildman–Crippen MR) is 115 cm³/mol. The van der Waals surface area contributed by atoms with Gasteiger partial charge in [-0.3, -0.25) is 9.79 Å². The van der Waals surface area contributed by atoms with Crippen LogP contribution in [0.15, 0.2) is 47.5 Å². The fraction of sp³-hybridized carbons (Fsp3) is 0.300. The van der Waals surface area contributed by atoms with Crippen LogP contribution < -0.4 is 20.1 Å². The fourth-order valence-corrected chi connectivity index (χ4v) is 7.29. The molecule has 0 saturated carbocycles. The number of carbonyl (C=O) groups is 1. The van der Waals surface area contributed by atoms with Crippen LogP contribution in [-0.2, 0) is 16.4 Å². The van der Waals surface area contributed by atoms with Crippen LogP contribution in [0.4, 0.5) is 5.69 Å². The van der Waals surface area contributed by atoms with E-state index in [2.05, 4.69) is 15.6 Å². The summed E-state index contributed by atoms with van der Waals surface area (Å²) in [5.41, 5.74) is 2.17. The number of ether oxygens (including phenoxy) is 2. The zero-order valence-corrected chi connectivity index (χ0v) is 17.5. The van der Waals surface area contributed by atoms with Gasteiger partial charge in [0.25, 0.3) is 5.91 Å². The molecule has 1 amide bonds. The van der Waals surface area contributed by atoms with E-state index >= 15 is 0 Å². The third-order valence-corrected chi connectivity index (χ3v) is 8.23. The fourth-order valence-electron chi connectivity index (χ4n) is 3.61. The quantitative estimate of drug-likeness (QED) is 0.742. The molecule has 1 fully saturated rings. The van der Waals surface area contributed by atoms with E-state index in [-0.39, 0.29) is 35.5 Å². The lowest BCUT2D eigenvalue weighted by atomic mass is 10.1. The van der Waals surface area contributed by atoms with Gasteiger partial charge in [-0.2, -0.15) is 0 Å². The Balaban J connectivity index is 1.21. The zero-order chi connectivity index (χ0) is 20.7. The topological polar surface area (TPSA) is 106 Å². The van der Waals surface area contributed by atoms with Crippen LogP contribution in [0.3, 0.4) is 0 Å². The smallest absolute Gasteiger partial charge is 0.251 e. The Morgan fingerprint density at radius 3 is 2.87 bits per heavy atom. The van der Waals surface area contributed by atoms with Crippen molar-refractivity contribution in [1.82, 2.24) is 5.32 Å². The molecule has 8 nitrogen and oxygen atoms in total. The summed E-state index contributed by atoms with van der Waals surface area (Å²) in [5.74, 6) is 1.47. The standard InChI is InChI=1S/C20H19N3O5S2/c24-19(21-8-12-4-5-16-17(6-12)28-11-27-16)13-2-1-3-14(7-13)22-20-23-15-9-30(25,26)10-18(15)29-20/h1-7,15,18H,8-11H2,(H,21,24)(H,22,23)/t15-,18-/m0/s1. The Hall–Kier alpha value is -2.72. The largest absolute Gasteiger partial charge is 0.454 e. The molecule has 2 atom stereocenters. The van der Waals surface area contributed by atoms with Crippen molar-refractivity contribution in [3.63, 3.8) is 0 Å². The van der Waals surface area contributed by atoms with Gasteiger partial charge in [-0.05, 0) is 35.9 Å². The highest BCUT2D eigenvalue weighted by molar-refractivity contribution is 8.15. The molecule has 3 aliphatic heterocycles. The molecule has 2 aromatic rings. The van der Waals surface area contributed by atoms with Gasteiger partial charge in [0.05, 0.1) is 17.5 Å². The van der Waals surface area contributed by atoms with Gasteiger partial charge in [0.1, 0.15) is 0 Å². The number of thioether (sulfide) groups is 1. The minimum absolute atomic E-state index is 0.0225. The van der Waals surface area contributed by atoms with Crippen LogP contribution in [-0.4, -0.2) is 49.1 Å². The number of amides is 1. The summed E-state index contributed by atoms with van der Waals surface area (Å²) in [6, 6.07) is 12.5. The maximum absolute atomic E-state index is 12.6. The molecule has 3 aliphatic rings. The number of sulfone groups is 1. The summed E-state index contributed by atoms with van der Waals surface area (Å²) in [6.07, 6.45) is 0. The van der Waals surface area contributed by atoms with Crippen molar-refractivity contribution in [2.45, 2.75) is 17.8 Å². The Morgan fingerprint density at radius 1 is 1.13 bits per heavy atom. The van der Waals surface area contributed by atoms with Gasteiger partial charge in [0.2, 0.25) is 6.79 Å². The molecular formula is C20H19N3O5S2. The first-order chi connectivity index (χ1) is 14.4. The van der Waals surface area contributed by atoms with Gasteiger partial charge < -0.3 is 20.1 Å². The van der Waals surface area contributed by atoms with Crippen molar-refractivity contribution in [1.29, 1.82) is 0 Å².